The molecular formula is C16H15NO2. The Morgan fingerprint density at radius 1 is 1.16 bits per heavy atom. The van der Waals surface area contributed by atoms with Gasteiger partial charge in [0.1, 0.15) is 0 Å². The minimum atomic E-state index is -0.893. The molecule has 19 heavy (non-hydrogen) atoms. The first-order valence-corrected chi connectivity index (χ1v) is 6.42. The quantitative estimate of drug-likeness (QED) is 0.880. The Bertz CT molecular complexity index is 622. The SMILES string of the molecule is O=C(O)c1cccc(NC2CCc3ccccc32)c1. The Kier molecular flexibility index (Phi) is 2.95. The van der Waals surface area contributed by atoms with Gasteiger partial charge < -0.3 is 10.4 Å². The van der Waals surface area contributed by atoms with Gasteiger partial charge in [0.2, 0.25) is 0 Å². The highest BCUT2D eigenvalue weighted by Gasteiger charge is 2.21. The van der Waals surface area contributed by atoms with Crippen molar-refractivity contribution in [2.45, 2.75) is 18.9 Å². The third kappa shape index (κ3) is 2.32. The molecule has 1 atom stereocenters. The van der Waals surface area contributed by atoms with Gasteiger partial charge in [-0.2, -0.15) is 0 Å². The molecule has 3 nitrogen and oxygen atoms in total. The summed E-state index contributed by atoms with van der Waals surface area (Å²) in [5, 5.41) is 12.4. The van der Waals surface area contributed by atoms with Gasteiger partial charge in [-0.05, 0) is 42.2 Å². The van der Waals surface area contributed by atoms with Crippen molar-refractivity contribution in [1.82, 2.24) is 0 Å². The molecule has 96 valence electrons. The van der Waals surface area contributed by atoms with E-state index in [2.05, 4.69) is 23.5 Å². The first-order valence-electron chi connectivity index (χ1n) is 6.42. The first-order chi connectivity index (χ1) is 9.24. The molecule has 0 bridgehead atoms. The molecule has 1 aliphatic rings. The number of aromatic carboxylic acids is 1. The third-order valence-electron chi connectivity index (χ3n) is 3.58. The Hall–Kier alpha value is -2.29. The molecule has 0 saturated heterocycles. The standard InChI is InChI=1S/C16H15NO2/c18-16(19)12-5-3-6-13(10-12)17-15-9-8-11-4-1-2-7-14(11)15/h1-7,10,15,17H,8-9H2,(H,18,19). The number of hydrogen-bond acceptors (Lipinski definition) is 2. The number of rotatable bonds is 3. The molecule has 3 heteroatoms. The summed E-state index contributed by atoms with van der Waals surface area (Å²) in [5.41, 5.74) is 3.88. The molecule has 1 aliphatic carbocycles. The second-order valence-electron chi connectivity index (χ2n) is 4.82. The first kappa shape index (κ1) is 11.8. The van der Waals surface area contributed by atoms with Gasteiger partial charge >= 0.3 is 5.97 Å². The monoisotopic (exact) mass is 253 g/mol. The number of fused-ring (bicyclic) bond motifs is 1. The maximum atomic E-state index is 11.0. The zero-order valence-corrected chi connectivity index (χ0v) is 10.5. The zero-order chi connectivity index (χ0) is 13.2. The van der Waals surface area contributed by atoms with Crippen molar-refractivity contribution in [1.29, 1.82) is 0 Å². The van der Waals surface area contributed by atoms with Gasteiger partial charge in [-0.25, -0.2) is 4.79 Å². The highest BCUT2D eigenvalue weighted by Crippen LogP contribution is 2.33. The van der Waals surface area contributed by atoms with Gasteiger partial charge in [-0.3, -0.25) is 0 Å². The fourth-order valence-corrected chi connectivity index (χ4v) is 2.65. The molecular weight excluding hydrogens is 238 g/mol. The molecule has 2 aromatic carbocycles. The van der Waals surface area contributed by atoms with Crippen molar-refractivity contribution in [3.8, 4) is 0 Å². The number of benzene rings is 2. The van der Waals surface area contributed by atoms with Crippen LogP contribution < -0.4 is 5.32 Å². The summed E-state index contributed by atoms with van der Waals surface area (Å²) in [7, 11) is 0. The largest absolute Gasteiger partial charge is 0.478 e. The summed E-state index contributed by atoms with van der Waals surface area (Å²) >= 11 is 0. The predicted octanol–water partition coefficient (Wildman–Crippen LogP) is 3.48. The summed E-state index contributed by atoms with van der Waals surface area (Å²) in [6.07, 6.45) is 2.13. The molecule has 0 amide bonds. The lowest BCUT2D eigenvalue weighted by Crippen LogP contribution is -2.07. The predicted molar refractivity (Wildman–Crippen MR) is 74.5 cm³/mol. The number of carboxylic acids is 1. The van der Waals surface area contributed by atoms with Crippen molar-refractivity contribution in [3.63, 3.8) is 0 Å². The van der Waals surface area contributed by atoms with Gasteiger partial charge in [0.25, 0.3) is 0 Å². The number of carbonyl (C=O) groups is 1. The van der Waals surface area contributed by atoms with E-state index >= 15 is 0 Å². The van der Waals surface area contributed by atoms with Crippen LogP contribution in [0.1, 0.15) is 33.9 Å². The van der Waals surface area contributed by atoms with Crippen LogP contribution >= 0.6 is 0 Å². The van der Waals surface area contributed by atoms with Crippen LogP contribution in [0.15, 0.2) is 48.5 Å². The number of nitrogens with one attached hydrogen (secondary N) is 1. The lowest BCUT2D eigenvalue weighted by molar-refractivity contribution is 0.0697. The molecule has 0 fully saturated rings. The molecule has 0 aliphatic heterocycles. The Morgan fingerprint density at radius 2 is 2.00 bits per heavy atom. The van der Waals surface area contributed by atoms with Crippen molar-refractivity contribution in [2.24, 2.45) is 0 Å². The van der Waals surface area contributed by atoms with Crippen LogP contribution in [0, 0.1) is 0 Å². The van der Waals surface area contributed by atoms with E-state index in [0.29, 0.717) is 5.56 Å². The van der Waals surface area contributed by atoms with Gasteiger partial charge in [0.15, 0.2) is 0 Å². The minimum Gasteiger partial charge on any atom is -0.478 e. The lowest BCUT2D eigenvalue weighted by atomic mass is 10.1. The van der Waals surface area contributed by atoms with Crippen LogP contribution in [0.3, 0.4) is 0 Å². The molecule has 0 spiro atoms. The molecule has 0 saturated carbocycles. The minimum absolute atomic E-state index is 0.278. The van der Waals surface area contributed by atoms with Crippen molar-refractivity contribution in [3.05, 3.63) is 65.2 Å². The molecule has 2 aromatic rings. The van der Waals surface area contributed by atoms with Crippen molar-refractivity contribution < 1.29 is 9.90 Å². The number of carboxylic acid groups (broad SMARTS) is 1. The van der Waals surface area contributed by atoms with Gasteiger partial charge in [-0.15, -0.1) is 0 Å². The number of aryl methyl sites for hydroxylation is 1. The Balaban J connectivity index is 1.83. The van der Waals surface area contributed by atoms with Gasteiger partial charge in [0, 0.05) is 5.69 Å². The summed E-state index contributed by atoms with van der Waals surface area (Å²) in [6.45, 7) is 0. The fraction of sp³-hybridized carbons (Fsp3) is 0.188. The summed E-state index contributed by atoms with van der Waals surface area (Å²) in [6, 6.07) is 15.7. The van der Waals surface area contributed by atoms with Crippen LogP contribution in [0.4, 0.5) is 5.69 Å². The molecule has 1 unspecified atom stereocenters. The third-order valence-corrected chi connectivity index (χ3v) is 3.58. The van der Waals surface area contributed by atoms with E-state index in [0.717, 1.165) is 18.5 Å². The average molecular weight is 253 g/mol. The highest BCUT2D eigenvalue weighted by molar-refractivity contribution is 5.88. The molecule has 2 N–H and O–H groups in total. The van der Waals surface area contributed by atoms with E-state index < -0.39 is 5.97 Å². The van der Waals surface area contributed by atoms with Crippen molar-refractivity contribution in [2.75, 3.05) is 5.32 Å². The second kappa shape index (κ2) is 4.76. The van der Waals surface area contributed by atoms with Crippen LogP contribution in [-0.2, 0) is 6.42 Å². The lowest BCUT2D eigenvalue weighted by Gasteiger charge is -2.15. The van der Waals surface area contributed by atoms with E-state index in [1.54, 1.807) is 18.2 Å². The van der Waals surface area contributed by atoms with E-state index in [9.17, 15) is 4.79 Å². The van der Waals surface area contributed by atoms with Crippen LogP contribution in [-0.4, -0.2) is 11.1 Å². The summed E-state index contributed by atoms with van der Waals surface area (Å²) in [4.78, 5) is 11.0. The molecule has 0 heterocycles. The topological polar surface area (TPSA) is 49.3 Å². The van der Waals surface area contributed by atoms with E-state index in [1.807, 2.05) is 12.1 Å². The normalized spacial score (nSPS) is 16.9. The number of hydrogen-bond donors (Lipinski definition) is 2. The van der Waals surface area contributed by atoms with Crippen LogP contribution in [0.25, 0.3) is 0 Å². The summed E-state index contributed by atoms with van der Waals surface area (Å²) in [5.74, 6) is -0.893. The number of anilines is 1. The van der Waals surface area contributed by atoms with E-state index in [-0.39, 0.29) is 6.04 Å². The van der Waals surface area contributed by atoms with E-state index in [4.69, 9.17) is 5.11 Å². The Labute approximate surface area is 111 Å². The molecule has 0 aromatic heterocycles. The van der Waals surface area contributed by atoms with Gasteiger partial charge in [0.05, 0.1) is 11.6 Å². The summed E-state index contributed by atoms with van der Waals surface area (Å²) < 4.78 is 0. The van der Waals surface area contributed by atoms with Gasteiger partial charge in [-0.1, -0.05) is 30.3 Å². The average Bonchev–Trinajstić information content (AvgIpc) is 2.83. The van der Waals surface area contributed by atoms with Crippen LogP contribution in [0.5, 0.6) is 0 Å². The fourth-order valence-electron chi connectivity index (χ4n) is 2.65. The van der Waals surface area contributed by atoms with E-state index in [1.165, 1.54) is 11.1 Å². The zero-order valence-electron chi connectivity index (χ0n) is 10.5. The smallest absolute Gasteiger partial charge is 0.335 e. The van der Waals surface area contributed by atoms with Crippen molar-refractivity contribution >= 4 is 11.7 Å². The Morgan fingerprint density at radius 3 is 2.84 bits per heavy atom. The maximum Gasteiger partial charge on any atom is 0.335 e. The second-order valence-corrected chi connectivity index (χ2v) is 4.82. The molecule has 3 rings (SSSR count). The van der Waals surface area contributed by atoms with Crippen LogP contribution in [0.2, 0.25) is 0 Å². The highest BCUT2D eigenvalue weighted by atomic mass is 16.4. The maximum absolute atomic E-state index is 11.0. The molecule has 0 radical (unpaired) electrons.